The molecule has 20 heavy (non-hydrogen) atoms. The van der Waals surface area contributed by atoms with Crippen molar-refractivity contribution in [2.75, 3.05) is 0 Å². The summed E-state index contributed by atoms with van der Waals surface area (Å²) in [5, 5.41) is 5.58. The number of halogens is 1. The van der Waals surface area contributed by atoms with Gasteiger partial charge in [-0.15, -0.1) is 34.0 Å². The molecular formula is C15H10BrNS3. The van der Waals surface area contributed by atoms with E-state index >= 15 is 0 Å². The van der Waals surface area contributed by atoms with Gasteiger partial charge in [0.1, 0.15) is 0 Å². The fourth-order valence-electron chi connectivity index (χ4n) is 2.37. The molecule has 0 fully saturated rings. The van der Waals surface area contributed by atoms with Gasteiger partial charge in [0.05, 0.1) is 6.04 Å². The maximum atomic E-state index is 6.51. The lowest BCUT2D eigenvalue weighted by Gasteiger charge is -2.08. The van der Waals surface area contributed by atoms with Crippen molar-refractivity contribution in [3.8, 4) is 0 Å². The molecule has 0 saturated heterocycles. The lowest BCUT2D eigenvalue weighted by molar-refractivity contribution is 0.909. The Morgan fingerprint density at radius 1 is 1.10 bits per heavy atom. The van der Waals surface area contributed by atoms with E-state index in [1.807, 2.05) is 0 Å². The molecule has 4 rings (SSSR count). The summed E-state index contributed by atoms with van der Waals surface area (Å²) < 4.78 is 5.09. The summed E-state index contributed by atoms with van der Waals surface area (Å²) in [6.45, 7) is 0. The van der Waals surface area contributed by atoms with Crippen LogP contribution < -0.4 is 5.73 Å². The van der Waals surface area contributed by atoms with Crippen LogP contribution in [0.1, 0.15) is 16.5 Å². The minimum atomic E-state index is -0.0392. The molecule has 0 aliphatic rings. The molecule has 4 aromatic rings. The van der Waals surface area contributed by atoms with E-state index in [0.29, 0.717) is 0 Å². The standard InChI is InChI=1S/C15H10BrNS3/c16-10-3-1-2-8-9(7-19-15(8)10)14(17)13-6-12-11(20-13)4-5-18-12/h1-7,14H,17H2. The first kappa shape index (κ1) is 13.0. The quantitative estimate of drug-likeness (QED) is 0.454. The Hall–Kier alpha value is -0.720. The molecule has 1 unspecified atom stereocenters. The Kier molecular flexibility index (Phi) is 3.20. The lowest BCUT2D eigenvalue weighted by Crippen LogP contribution is -2.09. The van der Waals surface area contributed by atoms with Crippen LogP contribution in [0.3, 0.4) is 0 Å². The molecule has 100 valence electrons. The number of fused-ring (bicyclic) bond motifs is 2. The van der Waals surface area contributed by atoms with Crippen molar-refractivity contribution in [2.24, 2.45) is 5.73 Å². The van der Waals surface area contributed by atoms with Gasteiger partial charge in [-0.1, -0.05) is 12.1 Å². The van der Waals surface area contributed by atoms with Crippen molar-refractivity contribution >= 4 is 69.4 Å². The first-order valence-corrected chi connectivity index (χ1v) is 9.49. The van der Waals surface area contributed by atoms with E-state index in [0.717, 1.165) is 4.47 Å². The second-order valence-corrected chi connectivity index (χ2v) is 8.38. The maximum absolute atomic E-state index is 6.51. The van der Waals surface area contributed by atoms with Gasteiger partial charge in [0, 0.05) is 23.4 Å². The summed E-state index contributed by atoms with van der Waals surface area (Å²) in [4.78, 5) is 1.24. The van der Waals surface area contributed by atoms with Crippen molar-refractivity contribution < 1.29 is 0 Å². The number of hydrogen-bond donors (Lipinski definition) is 1. The van der Waals surface area contributed by atoms with Gasteiger partial charge in [-0.25, -0.2) is 0 Å². The molecule has 2 N–H and O–H groups in total. The number of nitrogens with two attached hydrogens (primary N) is 1. The average Bonchev–Trinajstić information content (AvgIpc) is 3.11. The molecule has 0 bridgehead atoms. The third-order valence-corrected chi connectivity index (χ3v) is 7.53. The zero-order chi connectivity index (χ0) is 13.7. The van der Waals surface area contributed by atoms with Crippen LogP contribution in [0.5, 0.6) is 0 Å². The Morgan fingerprint density at radius 3 is 2.85 bits per heavy atom. The Bertz CT molecular complexity index is 874. The van der Waals surface area contributed by atoms with Crippen LogP contribution in [0.25, 0.3) is 19.5 Å². The number of rotatable bonds is 2. The number of thiophene rings is 3. The molecule has 3 heterocycles. The molecule has 1 nitrogen and oxygen atoms in total. The van der Waals surface area contributed by atoms with Gasteiger partial charge < -0.3 is 5.73 Å². The highest BCUT2D eigenvalue weighted by atomic mass is 79.9. The van der Waals surface area contributed by atoms with E-state index < -0.39 is 0 Å². The van der Waals surface area contributed by atoms with Gasteiger partial charge in [0.2, 0.25) is 0 Å². The minimum Gasteiger partial charge on any atom is -0.320 e. The third kappa shape index (κ3) is 1.96. The van der Waals surface area contributed by atoms with Gasteiger partial charge in [-0.05, 0) is 55.8 Å². The topological polar surface area (TPSA) is 26.0 Å². The smallest absolute Gasteiger partial charge is 0.0661 e. The van der Waals surface area contributed by atoms with Crippen molar-refractivity contribution in [3.63, 3.8) is 0 Å². The van der Waals surface area contributed by atoms with E-state index in [1.54, 1.807) is 34.0 Å². The molecule has 0 aliphatic heterocycles. The van der Waals surface area contributed by atoms with Gasteiger partial charge in [0.25, 0.3) is 0 Å². The molecule has 0 spiro atoms. The van der Waals surface area contributed by atoms with Crippen LogP contribution in [-0.4, -0.2) is 0 Å². The van der Waals surface area contributed by atoms with Crippen LogP contribution in [-0.2, 0) is 0 Å². The first-order chi connectivity index (χ1) is 9.74. The zero-order valence-corrected chi connectivity index (χ0v) is 14.3. The molecule has 0 aliphatic carbocycles. The SMILES string of the molecule is NC(c1cc2sccc2s1)c1csc2c(Br)cccc12. The highest BCUT2D eigenvalue weighted by molar-refractivity contribution is 9.10. The van der Waals surface area contributed by atoms with Crippen LogP contribution in [0.4, 0.5) is 0 Å². The predicted molar refractivity (Wildman–Crippen MR) is 95.3 cm³/mol. The van der Waals surface area contributed by atoms with E-state index in [4.69, 9.17) is 5.73 Å². The molecule has 0 amide bonds. The van der Waals surface area contributed by atoms with Crippen molar-refractivity contribution in [3.05, 3.63) is 56.0 Å². The fourth-order valence-corrected chi connectivity index (χ4v) is 6.17. The maximum Gasteiger partial charge on any atom is 0.0661 e. The largest absolute Gasteiger partial charge is 0.320 e. The van der Waals surface area contributed by atoms with Crippen LogP contribution in [0, 0.1) is 0 Å². The number of benzene rings is 1. The fraction of sp³-hybridized carbons (Fsp3) is 0.0667. The monoisotopic (exact) mass is 379 g/mol. The van der Waals surface area contributed by atoms with Crippen LogP contribution >= 0.6 is 49.9 Å². The highest BCUT2D eigenvalue weighted by Gasteiger charge is 2.17. The highest BCUT2D eigenvalue weighted by Crippen LogP contribution is 2.40. The van der Waals surface area contributed by atoms with E-state index in [2.05, 4.69) is 57.0 Å². The summed E-state index contributed by atoms with van der Waals surface area (Å²) in [5.41, 5.74) is 7.73. The van der Waals surface area contributed by atoms with E-state index in [9.17, 15) is 0 Å². The van der Waals surface area contributed by atoms with Crippen LogP contribution in [0.2, 0.25) is 0 Å². The summed E-state index contributed by atoms with van der Waals surface area (Å²) in [6, 6.07) is 10.7. The average molecular weight is 380 g/mol. The minimum absolute atomic E-state index is 0.0392. The van der Waals surface area contributed by atoms with Crippen molar-refractivity contribution in [2.45, 2.75) is 6.04 Å². The molecular weight excluding hydrogens is 370 g/mol. The Balaban J connectivity index is 1.85. The van der Waals surface area contributed by atoms with E-state index in [-0.39, 0.29) is 6.04 Å². The van der Waals surface area contributed by atoms with Crippen LogP contribution in [0.15, 0.2) is 45.6 Å². The molecule has 1 atom stereocenters. The van der Waals surface area contributed by atoms with Gasteiger partial charge >= 0.3 is 0 Å². The lowest BCUT2D eigenvalue weighted by atomic mass is 10.1. The summed E-state index contributed by atoms with van der Waals surface area (Å²) in [7, 11) is 0. The first-order valence-electron chi connectivity index (χ1n) is 6.12. The predicted octanol–water partition coefficient (Wildman–Crippen LogP) is 5.99. The van der Waals surface area contributed by atoms with Gasteiger partial charge in [-0.3, -0.25) is 0 Å². The number of hydrogen-bond acceptors (Lipinski definition) is 4. The van der Waals surface area contributed by atoms with Gasteiger partial charge in [0.15, 0.2) is 0 Å². The Labute approximate surface area is 136 Å². The second kappa shape index (κ2) is 4.93. The normalized spacial score (nSPS) is 13.3. The molecule has 5 heteroatoms. The second-order valence-electron chi connectivity index (χ2n) is 4.58. The molecule has 3 aromatic heterocycles. The van der Waals surface area contributed by atoms with Crippen molar-refractivity contribution in [1.29, 1.82) is 0 Å². The zero-order valence-electron chi connectivity index (χ0n) is 10.3. The third-order valence-electron chi connectivity index (χ3n) is 3.38. The molecule has 1 aromatic carbocycles. The summed E-state index contributed by atoms with van der Waals surface area (Å²) in [5.74, 6) is 0. The van der Waals surface area contributed by atoms with Gasteiger partial charge in [-0.2, -0.15) is 0 Å². The Morgan fingerprint density at radius 2 is 2.00 bits per heavy atom. The molecule has 0 radical (unpaired) electrons. The van der Waals surface area contributed by atoms with Crippen molar-refractivity contribution in [1.82, 2.24) is 0 Å². The summed E-state index contributed by atoms with van der Waals surface area (Å²) in [6.07, 6.45) is 0. The van der Waals surface area contributed by atoms with E-state index in [1.165, 1.54) is 29.9 Å². The molecule has 0 saturated carbocycles. The summed E-state index contributed by atoms with van der Waals surface area (Å²) >= 11 is 8.94.